The Kier molecular flexibility index (Phi) is 3.54. The lowest BCUT2D eigenvalue weighted by atomic mass is 9.91. The zero-order valence-corrected chi connectivity index (χ0v) is 11.9. The number of benzene rings is 1. The van der Waals surface area contributed by atoms with Crippen LogP contribution in [0.2, 0.25) is 0 Å². The van der Waals surface area contributed by atoms with Gasteiger partial charge >= 0.3 is 0 Å². The lowest BCUT2D eigenvalue weighted by molar-refractivity contribution is 0.419. The molecule has 1 N–H and O–H groups in total. The first-order valence-electron chi connectivity index (χ1n) is 7.04. The Balaban J connectivity index is 2.21. The van der Waals surface area contributed by atoms with Gasteiger partial charge in [0.25, 0.3) is 0 Å². The second kappa shape index (κ2) is 5.49. The van der Waals surface area contributed by atoms with Crippen LogP contribution in [0, 0.1) is 0 Å². The Morgan fingerprint density at radius 2 is 2.15 bits per heavy atom. The van der Waals surface area contributed by atoms with Gasteiger partial charge < -0.3 is 10.1 Å². The molecule has 4 nitrogen and oxygen atoms in total. The second-order valence-electron chi connectivity index (χ2n) is 5.00. The molecule has 1 aromatic carbocycles. The van der Waals surface area contributed by atoms with Crippen LogP contribution in [-0.2, 0) is 0 Å². The number of anilines is 1. The third-order valence-corrected chi connectivity index (χ3v) is 3.79. The van der Waals surface area contributed by atoms with Gasteiger partial charge in [0.1, 0.15) is 11.3 Å². The average molecular weight is 269 g/mol. The molecule has 1 heterocycles. The maximum absolute atomic E-state index is 5.43. The Hall–Kier alpha value is -2.10. The molecular weight excluding hydrogens is 250 g/mol. The van der Waals surface area contributed by atoms with Gasteiger partial charge in [-0.3, -0.25) is 0 Å². The fraction of sp³-hybridized carbons (Fsp3) is 0.375. The van der Waals surface area contributed by atoms with Gasteiger partial charge in [-0.25, -0.2) is 9.97 Å². The van der Waals surface area contributed by atoms with Crippen LogP contribution in [0.4, 0.5) is 5.95 Å². The number of ether oxygens (including phenoxy) is 1. The van der Waals surface area contributed by atoms with Gasteiger partial charge in [0, 0.05) is 18.6 Å². The summed E-state index contributed by atoms with van der Waals surface area (Å²) in [6.45, 7) is 0. The Morgan fingerprint density at radius 1 is 1.25 bits per heavy atom. The van der Waals surface area contributed by atoms with Gasteiger partial charge in [-0.1, -0.05) is 12.1 Å². The molecule has 104 valence electrons. The molecule has 20 heavy (non-hydrogen) atoms. The van der Waals surface area contributed by atoms with Crippen molar-refractivity contribution in [1.82, 2.24) is 9.97 Å². The lowest BCUT2D eigenvalue weighted by Gasteiger charge is -2.16. The molecule has 2 aromatic rings. The largest absolute Gasteiger partial charge is 0.494 e. The summed E-state index contributed by atoms with van der Waals surface area (Å²) < 4.78 is 5.43. The van der Waals surface area contributed by atoms with E-state index in [2.05, 4.69) is 27.4 Å². The van der Waals surface area contributed by atoms with Gasteiger partial charge in [0.15, 0.2) is 0 Å². The number of rotatable bonds is 3. The molecule has 0 amide bonds. The average Bonchev–Trinajstić information content (AvgIpc) is 2.54. The molecule has 0 bridgehead atoms. The van der Waals surface area contributed by atoms with E-state index >= 15 is 0 Å². The van der Waals surface area contributed by atoms with Gasteiger partial charge in [0.05, 0.1) is 7.11 Å². The highest BCUT2D eigenvalue weighted by Gasteiger charge is 2.14. The molecule has 0 aliphatic heterocycles. The Morgan fingerprint density at radius 3 is 2.85 bits per heavy atom. The summed E-state index contributed by atoms with van der Waals surface area (Å²) in [4.78, 5) is 8.90. The van der Waals surface area contributed by atoms with E-state index in [1.165, 1.54) is 24.0 Å². The van der Waals surface area contributed by atoms with Gasteiger partial charge in [-0.2, -0.15) is 0 Å². The topological polar surface area (TPSA) is 47.0 Å². The minimum atomic E-state index is 0.616. The zero-order valence-electron chi connectivity index (χ0n) is 11.9. The SMILES string of the molecule is CNc1ncc2c(C3=CCCCC3)ccc(OC)c2n1. The fourth-order valence-electron chi connectivity index (χ4n) is 2.74. The van der Waals surface area contributed by atoms with Crippen molar-refractivity contribution < 1.29 is 4.74 Å². The molecule has 1 aliphatic carbocycles. The number of methoxy groups -OCH3 is 1. The summed E-state index contributed by atoms with van der Waals surface area (Å²) in [6.07, 6.45) is 9.08. The minimum Gasteiger partial charge on any atom is -0.494 e. The minimum absolute atomic E-state index is 0.616. The van der Waals surface area contributed by atoms with E-state index in [1.54, 1.807) is 7.11 Å². The van der Waals surface area contributed by atoms with E-state index in [-0.39, 0.29) is 0 Å². The summed E-state index contributed by atoms with van der Waals surface area (Å²) in [5.41, 5.74) is 3.52. The van der Waals surface area contributed by atoms with E-state index < -0.39 is 0 Å². The summed E-state index contributed by atoms with van der Waals surface area (Å²) in [7, 11) is 3.50. The van der Waals surface area contributed by atoms with Crippen LogP contribution in [0.15, 0.2) is 24.4 Å². The maximum atomic E-state index is 5.43. The number of aromatic nitrogens is 2. The van der Waals surface area contributed by atoms with Crippen molar-refractivity contribution in [2.45, 2.75) is 25.7 Å². The predicted molar refractivity (Wildman–Crippen MR) is 82.1 cm³/mol. The highest BCUT2D eigenvalue weighted by Crippen LogP contribution is 2.34. The lowest BCUT2D eigenvalue weighted by Crippen LogP contribution is -2.00. The van der Waals surface area contributed by atoms with Crippen molar-refractivity contribution >= 4 is 22.4 Å². The number of hydrogen-bond acceptors (Lipinski definition) is 4. The summed E-state index contributed by atoms with van der Waals surface area (Å²) >= 11 is 0. The first-order chi connectivity index (χ1) is 9.83. The Bertz CT molecular complexity index is 664. The third-order valence-electron chi connectivity index (χ3n) is 3.79. The highest BCUT2D eigenvalue weighted by molar-refractivity contribution is 5.95. The molecule has 0 atom stereocenters. The fourth-order valence-corrected chi connectivity index (χ4v) is 2.74. The van der Waals surface area contributed by atoms with E-state index in [9.17, 15) is 0 Å². The molecule has 1 aliphatic rings. The molecule has 0 radical (unpaired) electrons. The van der Waals surface area contributed by atoms with E-state index in [1.807, 2.05) is 19.3 Å². The maximum Gasteiger partial charge on any atom is 0.223 e. The number of allylic oxidation sites excluding steroid dienone is 2. The van der Waals surface area contributed by atoms with E-state index in [4.69, 9.17) is 4.74 Å². The van der Waals surface area contributed by atoms with Crippen molar-refractivity contribution in [2.24, 2.45) is 0 Å². The van der Waals surface area contributed by atoms with Gasteiger partial charge in [-0.05, 0) is 42.9 Å². The number of hydrogen-bond donors (Lipinski definition) is 1. The van der Waals surface area contributed by atoms with Gasteiger partial charge in [-0.15, -0.1) is 0 Å². The van der Waals surface area contributed by atoms with Crippen molar-refractivity contribution in [3.8, 4) is 5.75 Å². The van der Waals surface area contributed by atoms with Crippen LogP contribution >= 0.6 is 0 Å². The van der Waals surface area contributed by atoms with Crippen LogP contribution in [0.1, 0.15) is 31.2 Å². The van der Waals surface area contributed by atoms with Gasteiger partial charge in [0.2, 0.25) is 5.95 Å². The molecule has 1 aromatic heterocycles. The third kappa shape index (κ3) is 2.22. The molecular formula is C16H19N3O. The van der Waals surface area contributed by atoms with E-state index in [0.29, 0.717) is 5.95 Å². The molecule has 3 rings (SSSR count). The number of fused-ring (bicyclic) bond motifs is 1. The molecule has 0 saturated carbocycles. The Labute approximate surface area is 118 Å². The summed E-state index contributed by atoms with van der Waals surface area (Å²) in [5.74, 6) is 1.41. The first-order valence-corrected chi connectivity index (χ1v) is 7.04. The first kappa shape index (κ1) is 12.9. The van der Waals surface area contributed by atoms with Crippen LogP contribution in [-0.4, -0.2) is 24.1 Å². The van der Waals surface area contributed by atoms with Crippen LogP contribution < -0.4 is 10.1 Å². The number of nitrogens with zero attached hydrogens (tertiary/aromatic N) is 2. The van der Waals surface area contributed by atoms with Crippen LogP contribution in [0.5, 0.6) is 5.75 Å². The van der Waals surface area contributed by atoms with Crippen molar-refractivity contribution in [1.29, 1.82) is 0 Å². The van der Waals surface area contributed by atoms with Crippen molar-refractivity contribution in [3.05, 3.63) is 30.0 Å². The number of nitrogens with one attached hydrogen (secondary N) is 1. The van der Waals surface area contributed by atoms with Crippen LogP contribution in [0.25, 0.3) is 16.5 Å². The quantitative estimate of drug-likeness (QED) is 0.924. The summed E-state index contributed by atoms with van der Waals surface area (Å²) in [5, 5.41) is 4.04. The normalized spacial score (nSPS) is 15.0. The predicted octanol–water partition coefficient (Wildman–Crippen LogP) is 3.64. The molecule has 4 heteroatoms. The molecule has 0 spiro atoms. The summed E-state index contributed by atoms with van der Waals surface area (Å²) in [6, 6.07) is 4.13. The van der Waals surface area contributed by atoms with Crippen molar-refractivity contribution in [2.75, 3.05) is 19.5 Å². The molecule has 0 fully saturated rings. The second-order valence-corrected chi connectivity index (χ2v) is 5.00. The zero-order chi connectivity index (χ0) is 13.9. The smallest absolute Gasteiger partial charge is 0.223 e. The van der Waals surface area contributed by atoms with Crippen molar-refractivity contribution in [3.63, 3.8) is 0 Å². The molecule has 0 unspecified atom stereocenters. The van der Waals surface area contributed by atoms with E-state index in [0.717, 1.165) is 29.5 Å². The standard InChI is InChI=1S/C16H19N3O/c1-17-16-18-10-13-12(11-6-4-3-5-7-11)8-9-14(20-2)15(13)19-16/h6,8-10H,3-5,7H2,1-2H3,(H,17,18,19). The highest BCUT2D eigenvalue weighted by atomic mass is 16.5. The molecule has 0 saturated heterocycles. The van der Waals surface area contributed by atoms with Crippen LogP contribution in [0.3, 0.4) is 0 Å². The monoisotopic (exact) mass is 269 g/mol.